The van der Waals surface area contributed by atoms with Crippen molar-refractivity contribution in [2.24, 2.45) is 0 Å². The summed E-state index contributed by atoms with van der Waals surface area (Å²) >= 11 is 0. The predicted octanol–water partition coefficient (Wildman–Crippen LogP) is 22.7. The number of hydrogen-bond acceptors (Lipinski definition) is 6. The molecule has 0 heterocycles. The van der Waals surface area contributed by atoms with Gasteiger partial charge in [0.2, 0.25) is 0 Å². The summed E-state index contributed by atoms with van der Waals surface area (Å²) in [5.74, 6) is -0.901. The summed E-state index contributed by atoms with van der Waals surface area (Å²) in [4.78, 5) is 38.4. The van der Waals surface area contributed by atoms with Crippen molar-refractivity contribution in [3.63, 3.8) is 0 Å². The average Bonchev–Trinajstić information content (AvgIpc) is 3.43. The van der Waals surface area contributed by atoms with Crippen molar-refractivity contribution in [3.8, 4) is 0 Å². The molecule has 1 atom stereocenters. The number of carbonyl (C=O) groups is 3. The highest BCUT2D eigenvalue weighted by molar-refractivity contribution is 5.71. The number of unbranched alkanes of at least 4 members (excludes halogenated alkanes) is 35. The minimum Gasteiger partial charge on any atom is -0.462 e. The van der Waals surface area contributed by atoms with E-state index in [0.717, 1.165) is 103 Å². The second kappa shape index (κ2) is 65.1. The summed E-state index contributed by atoms with van der Waals surface area (Å²) in [7, 11) is 0. The van der Waals surface area contributed by atoms with Crippen LogP contribution in [-0.4, -0.2) is 37.2 Å². The van der Waals surface area contributed by atoms with Gasteiger partial charge in [-0.2, -0.15) is 0 Å². The molecule has 0 amide bonds. The minimum absolute atomic E-state index is 0.0853. The summed E-state index contributed by atoms with van der Waals surface area (Å²) < 4.78 is 16.9. The molecule has 0 N–H and O–H groups in total. The standard InChI is InChI=1S/C71H124O6/c1-4-7-10-13-16-19-22-25-28-31-33-34-35-36-38-40-43-46-49-52-55-58-61-64-70(73)76-67-68(66-75-69(72)63-60-57-54-51-48-45-42-39-30-27-24-21-18-15-12-9-6-3)77-71(74)65-62-59-56-53-50-47-44-41-37-32-29-26-23-20-17-14-11-8-5-2/h9,12,17-18,20-21,26-27,29-31,33,42,45,68H,4-8,10-11,13-16,19,22-25,28,32,34-41,43-44,46-67H2,1-3H3/b12-9-,20-17-,21-18-,29-26-,30-27-,33-31-,45-42-. The van der Waals surface area contributed by atoms with Gasteiger partial charge in [0.15, 0.2) is 6.10 Å². The number of rotatable bonds is 60. The smallest absolute Gasteiger partial charge is 0.306 e. The first kappa shape index (κ1) is 73.6. The molecular weight excluding hydrogens is 949 g/mol. The number of allylic oxidation sites excluding steroid dienone is 14. The Balaban J connectivity index is 4.38. The van der Waals surface area contributed by atoms with Gasteiger partial charge in [-0.25, -0.2) is 0 Å². The van der Waals surface area contributed by atoms with Crippen molar-refractivity contribution in [2.45, 2.75) is 335 Å². The van der Waals surface area contributed by atoms with Crippen molar-refractivity contribution in [1.29, 1.82) is 0 Å². The van der Waals surface area contributed by atoms with Crippen LogP contribution in [0.5, 0.6) is 0 Å². The Bertz CT molecular complexity index is 1470. The normalized spacial score (nSPS) is 12.6. The molecule has 6 nitrogen and oxygen atoms in total. The van der Waals surface area contributed by atoms with Gasteiger partial charge < -0.3 is 14.2 Å². The molecule has 6 heteroatoms. The first-order valence-electron chi connectivity index (χ1n) is 33.1. The third-order valence-corrected chi connectivity index (χ3v) is 14.4. The van der Waals surface area contributed by atoms with E-state index in [1.165, 1.54) is 186 Å². The Kier molecular flexibility index (Phi) is 62.2. The lowest BCUT2D eigenvalue weighted by molar-refractivity contribution is -0.167. The molecule has 0 aliphatic rings. The van der Waals surface area contributed by atoms with E-state index in [1.54, 1.807) is 0 Å². The fourth-order valence-electron chi connectivity index (χ4n) is 9.40. The van der Waals surface area contributed by atoms with Crippen molar-refractivity contribution in [3.05, 3.63) is 85.1 Å². The SMILES string of the molecule is CC/C=C\C/C=C\C/C=C\C/C=C\CCCCCCC(=O)OCC(COC(=O)CCCCCCCCCCCCC/C=C\CCCCCCCCCC)OC(=O)CCCCCCCCCCC/C=C\C/C=C\CCCCC. The zero-order valence-electron chi connectivity index (χ0n) is 51.0. The van der Waals surface area contributed by atoms with E-state index < -0.39 is 6.10 Å². The van der Waals surface area contributed by atoms with Gasteiger partial charge in [0.1, 0.15) is 13.2 Å². The Labute approximate surface area is 477 Å². The van der Waals surface area contributed by atoms with Crippen LogP contribution in [0.15, 0.2) is 85.1 Å². The number of hydrogen-bond donors (Lipinski definition) is 0. The third-order valence-electron chi connectivity index (χ3n) is 14.4. The zero-order chi connectivity index (χ0) is 55.7. The average molecular weight is 1070 g/mol. The molecule has 0 aliphatic heterocycles. The van der Waals surface area contributed by atoms with Crippen LogP contribution in [0.1, 0.15) is 329 Å². The van der Waals surface area contributed by atoms with Crippen LogP contribution in [0.25, 0.3) is 0 Å². The molecule has 0 spiro atoms. The van der Waals surface area contributed by atoms with Crippen LogP contribution >= 0.6 is 0 Å². The molecule has 0 radical (unpaired) electrons. The molecule has 77 heavy (non-hydrogen) atoms. The lowest BCUT2D eigenvalue weighted by Gasteiger charge is -2.18. The molecule has 0 aromatic carbocycles. The van der Waals surface area contributed by atoms with Crippen LogP contribution < -0.4 is 0 Å². The van der Waals surface area contributed by atoms with Crippen LogP contribution in [0.3, 0.4) is 0 Å². The van der Waals surface area contributed by atoms with E-state index >= 15 is 0 Å². The number of ether oxygens (including phenoxy) is 3. The highest BCUT2D eigenvalue weighted by atomic mass is 16.6. The first-order valence-corrected chi connectivity index (χ1v) is 33.1. The van der Waals surface area contributed by atoms with Gasteiger partial charge in [-0.1, -0.05) is 279 Å². The van der Waals surface area contributed by atoms with E-state index in [0.29, 0.717) is 19.3 Å². The highest BCUT2D eigenvalue weighted by Crippen LogP contribution is 2.16. The quantitative estimate of drug-likeness (QED) is 0.0261. The highest BCUT2D eigenvalue weighted by Gasteiger charge is 2.19. The summed E-state index contributed by atoms with van der Waals surface area (Å²) in [6.45, 7) is 6.52. The Morgan fingerprint density at radius 1 is 0.273 bits per heavy atom. The second-order valence-electron chi connectivity index (χ2n) is 22.0. The molecule has 0 saturated heterocycles. The summed E-state index contributed by atoms with van der Waals surface area (Å²) in [5, 5.41) is 0. The van der Waals surface area contributed by atoms with Crippen molar-refractivity contribution in [1.82, 2.24) is 0 Å². The third kappa shape index (κ3) is 63.3. The second-order valence-corrected chi connectivity index (χ2v) is 22.0. The summed E-state index contributed by atoms with van der Waals surface area (Å²) in [6.07, 6.45) is 85.9. The van der Waals surface area contributed by atoms with Crippen LogP contribution in [-0.2, 0) is 28.6 Å². The van der Waals surface area contributed by atoms with E-state index in [-0.39, 0.29) is 31.1 Å². The summed E-state index contributed by atoms with van der Waals surface area (Å²) in [5.41, 5.74) is 0. The Morgan fingerprint density at radius 3 is 0.831 bits per heavy atom. The fourth-order valence-corrected chi connectivity index (χ4v) is 9.40. The molecule has 1 unspecified atom stereocenters. The van der Waals surface area contributed by atoms with Gasteiger partial charge in [0, 0.05) is 19.3 Å². The molecule has 0 saturated carbocycles. The molecule has 0 fully saturated rings. The van der Waals surface area contributed by atoms with Crippen LogP contribution in [0.4, 0.5) is 0 Å². The lowest BCUT2D eigenvalue weighted by Crippen LogP contribution is -2.30. The zero-order valence-corrected chi connectivity index (χ0v) is 51.0. The van der Waals surface area contributed by atoms with E-state index in [9.17, 15) is 14.4 Å². The molecule has 0 rings (SSSR count). The first-order chi connectivity index (χ1) is 38.0. The van der Waals surface area contributed by atoms with Gasteiger partial charge in [0.05, 0.1) is 0 Å². The molecule has 0 aliphatic carbocycles. The largest absolute Gasteiger partial charge is 0.462 e. The summed E-state index contributed by atoms with van der Waals surface area (Å²) in [6, 6.07) is 0. The van der Waals surface area contributed by atoms with Crippen molar-refractivity contribution < 1.29 is 28.6 Å². The van der Waals surface area contributed by atoms with Gasteiger partial charge in [-0.15, -0.1) is 0 Å². The minimum atomic E-state index is -0.791. The van der Waals surface area contributed by atoms with Crippen molar-refractivity contribution in [2.75, 3.05) is 13.2 Å². The van der Waals surface area contributed by atoms with E-state index in [1.807, 2.05) is 0 Å². The maximum absolute atomic E-state index is 12.9. The molecule has 0 bridgehead atoms. The van der Waals surface area contributed by atoms with Gasteiger partial charge in [0.25, 0.3) is 0 Å². The molecule has 444 valence electrons. The fraction of sp³-hybridized carbons (Fsp3) is 0.761. The maximum Gasteiger partial charge on any atom is 0.306 e. The van der Waals surface area contributed by atoms with Crippen molar-refractivity contribution >= 4 is 17.9 Å². The Morgan fingerprint density at radius 2 is 0.506 bits per heavy atom. The van der Waals surface area contributed by atoms with E-state index in [2.05, 4.69) is 106 Å². The molecular formula is C71H124O6. The van der Waals surface area contributed by atoms with Crippen LogP contribution in [0, 0.1) is 0 Å². The number of carbonyl (C=O) groups excluding carboxylic acids is 3. The number of esters is 3. The molecule has 0 aromatic rings. The topological polar surface area (TPSA) is 78.9 Å². The lowest BCUT2D eigenvalue weighted by atomic mass is 10.0. The van der Waals surface area contributed by atoms with Gasteiger partial charge >= 0.3 is 17.9 Å². The van der Waals surface area contributed by atoms with E-state index in [4.69, 9.17) is 14.2 Å². The van der Waals surface area contributed by atoms with Gasteiger partial charge in [-0.05, 0) is 116 Å². The Hall–Kier alpha value is -3.41. The molecule has 0 aromatic heterocycles. The maximum atomic E-state index is 12.9. The van der Waals surface area contributed by atoms with Crippen LogP contribution in [0.2, 0.25) is 0 Å². The van der Waals surface area contributed by atoms with Gasteiger partial charge in [-0.3, -0.25) is 14.4 Å². The predicted molar refractivity (Wildman–Crippen MR) is 334 cm³/mol. The monoisotopic (exact) mass is 1070 g/mol.